The minimum absolute atomic E-state index is 0.113. The summed E-state index contributed by atoms with van der Waals surface area (Å²) in [7, 11) is 0. The van der Waals surface area contributed by atoms with Crippen LogP contribution in [0.4, 0.5) is 0 Å². The first-order valence-electron chi connectivity index (χ1n) is 7.93. The third-order valence-corrected chi connectivity index (χ3v) is 4.59. The second kappa shape index (κ2) is 7.06. The number of benzene rings is 2. The van der Waals surface area contributed by atoms with Crippen LogP contribution in [0.3, 0.4) is 0 Å². The maximum Gasteiger partial charge on any atom is 0.216 e. The smallest absolute Gasteiger partial charge is 0.216 e. The number of rotatable bonds is 3. The van der Waals surface area contributed by atoms with Gasteiger partial charge in [0, 0.05) is 10.0 Å². The Kier molecular flexibility index (Phi) is 5.01. The molecular formula is C19H19BrN4S. The van der Waals surface area contributed by atoms with Gasteiger partial charge in [0.1, 0.15) is 0 Å². The Balaban J connectivity index is 1.96. The fourth-order valence-electron chi connectivity index (χ4n) is 2.42. The SMILES string of the molecule is CC(C)(C)c1ccc(-c2n[nH]c(=S)n2/N=C/c2cccc(Br)c2)cc1. The monoisotopic (exact) mass is 414 g/mol. The van der Waals surface area contributed by atoms with E-state index in [1.807, 2.05) is 24.3 Å². The molecule has 0 fully saturated rings. The zero-order valence-electron chi connectivity index (χ0n) is 14.3. The molecule has 25 heavy (non-hydrogen) atoms. The fourth-order valence-corrected chi connectivity index (χ4v) is 3.01. The Hall–Kier alpha value is -2.05. The van der Waals surface area contributed by atoms with Crippen LogP contribution in [0.15, 0.2) is 58.1 Å². The highest BCUT2D eigenvalue weighted by molar-refractivity contribution is 9.10. The first-order valence-corrected chi connectivity index (χ1v) is 9.13. The molecule has 128 valence electrons. The summed E-state index contributed by atoms with van der Waals surface area (Å²) in [6.45, 7) is 6.58. The van der Waals surface area contributed by atoms with E-state index in [1.165, 1.54) is 5.56 Å². The van der Waals surface area contributed by atoms with E-state index >= 15 is 0 Å². The highest BCUT2D eigenvalue weighted by Gasteiger charge is 2.14. The van der Waals surface area contributed by atoms with Gasteiger partial charge in [0.05, 0.1) is 6.21 Å². The van der Waals surface area contributed by atoms with Crippen molar-refractivity contribution >= 4 is 34.4 Å². The Morgan fingerprint density at radius 3 is 2.52 bits per heavy atom. The predicted molar refractivity (Wildman–Crippen MR) is 109 cm³/mol. The van der Waals surface area contributed by atoms with E-state index in [0.717, 1.165) is 15.6 Å². The van der Waals surface area contributed by atoms with Crippen LogP contribution in [-0.2, 0) is 5.41 Å². The molecule has 1 aromatic heterocycles. The molecule has 1 N–H and O–H groups in total. The van der Waals surface area contributed by atoms with Crippen LogP contribution in [0.25, 0.3) is 11.4 Å². The van der Waals surface area contributed by atoms with Gasteiger partial charge in [-0.1, -0.05) is 73.1 Å². The maximum absolute atomic E-state index is 5.32. The molecule has 0 aliphatic carbocycles. The molecule has 0 radical (unpaired) electrons. The number of nitrogens with one attached hydrogen (secondary N) is 1. The Labute approximate surface area is 160 Å². The molecule has 0 spiro atoms. The molecule has 0 bridgehead atoms. The van der Waals surface area contributed by atoms with E-state index in [4.69, 9.17) is 12.2 Å². The highest BCUT2D eigenvalue weighted by atomic mass is 79.9. The lowest BCUT2D eigenvalue weighted by Gasteiger charge is -2.18. The standard InChI is InChI=1S/C19H19BrN4S/c1-19(2,3)15-9-7-14(8-10-15)17-22-23-18(25)24(17)21-12-13-5-4-6-16(20)11-13/h4-12H,1-3H3,(H,23,25)/b21-12+. The first-order chi connectivity index (χ1) is 11.8. The molecule has 0 unspecified atom stereocenters. The summed E-state index contributed by atoms with van der Waals surface area (Å²) in [5, 5.41) is 11.6. The van der Waals surface area contributed by atoms with Crippen LogP contribution in [-0.4, -0.2) is 21.1 Å². The molecular weight excluding hydrogens is 396 g/mol. The number of aromatic amines is 1. The molecule has 6 heteroatoms. The molecule has 3 rings (SSSR count). The van der Waals surface area contributed by atoms with Crippen molar-refractivity contribution in [3.63, 3.8) is 0 Å². The Morgan fingerprint density at radius 2 is 1.88 bits per heavy atom. The van der Waals surface area contributed by atoms with Gasteiger partial charge >= 0.3 is 0 Å². The summed E-state index contributed by atoms with van der Waals surface area (Å²) < 4.78 is 3.11. The molecule has 0 amide bonds. The van der Waals surface area contributed by atoms with E-state index < -0.39 is 0 Å². The van der Waals surface area contributed by atoms with Gasteiger partial charge in [0.2, 0.25) is 4.77 Å². The predicted octanol–water partition coefficient (Wildman–Crippen LogP) is 5.55. The molecule has 0 saturated carbocycles. The number of hydrogen-bond acceptors (Lipinski definition) is 3. The van der Waals surface area contributed by atoms with Gasteiger partial charge in [-0.25, -0.2) is 5.10 Å². The van der Waals surface area contributed by atoms with Gasteiger partial charge in [-0.3, -0.25) is 0 Å². The van der Waals surface area contributed by atoms with Crippen molar-refractivity contribution in [3.05, 3.63) is 68.9 Å². The van der Waals surface area contributed by atoms with Crippen LogP contribution in [0.2, 0.25) is 0 Å². The van der Waals surface area contributed by atoms with E-state index in [-0.39, 0.29) is 5.41 Å². The van der Waals surface area contributed by atoms with E-state index in [0.29, 0.717) is 10.6 Å². The molecule has 0 atom stereocenters. The Morgan fingerprint density at radius 1 is 1.16 bits per heavy atom. The van der Waals surface area contributed by atoms with Crippen molar-refractivity contribution in [2.24, 2.45) is 5.10 Å². The van der Waals surface area contributed by atoms with E-state index in [9.17, 15) is 0 Å². The van der Waals surface area contributed by atoms with Crippen LogP contribution >= 0.6 is 28.1 Å². The molecule has 0 aliphatic rings. The zero-order valence-corrected chi connectivity index (χ0v) is 16.7. The van der Waals surface area contributed by atoms with Crippen molar-refractivity contribution in [3.8, 4) is 11.4 Å². The normalized spacial score (nSPS) is 12.0. The van der Waals surface area contributed by atoms with Crippen molar-refractivity contribution in [1.29, 1.82) is 0 Å². The minimum Gasteiger partial charge on any atom is -0.250 e. The van der Waals surface area contributed by atoms with Crippen LogP contribution in [0.1, 0.15) is 31.9 Å². The van der Waals surface area contributed by atoms with Crippen molar-refractivity contribution in [2.75, 3.05) is 0 Å². The fraction of sp³-hybridized carbons (Fsp3) is 0.211. The lowest BCUT2D eigenvalue weighted by atomic mass is 9.87. The van der Waals surface area contributed by atoms with Gasteiger partial charge in [-0.2, -0.15) is 14.9 Å². The number of hydrogen-bond donors (Lipinski definition) is 1. The van der Waals surface area contributed by atoms with Crippen LogP contribution < -0.4 is 0 Å². The minimum atomic E-state index is 0.113. The summed E-state index contributed by atoms with van der Waals surface area (Å²) in [5.41, 5.74) is 3.33. The molecule has 0 aliphatic heterocycles. The zero-order chi connectivity index (χ0) is 18.0. The van der Waals surface area contributed by atoms with Crippen molar-refractivity contribution < 1.29 is 0 Å². The van der Waals surface area contributed by atoms with Gasteiger partial charge in [-0.15, -0.1) is 0 Å². The molecule has 3 aromatic rings. The lowest BCUT2D eigenvalue weighted by Crippen LogP contribution is -2.10. The van der Waals surface area contributed by atoms with Crippen molar-refractivity contribution in [2.45, 2.75) is 26.2 Å². The summed E-state index contributed by atoms with van der Waals surface area (Å²) in [6, 6.07) is 16.3. The summed E-state index contributed by atoms with van der Waals surface area (Å²) >= 11 is 8.78. The largest absolute Gasteiger partial charge is 0.250 e. The summed E-state index contributed by atoms with van der Waals surface area (Å²) in [5.74, 6) is 0.691. The topological polar surface area (TPSA) is 46.0 Å². The summed E-state index contributed by atoms with van der Waals surface area (Å²) in [4.78, 5) is 0. The molecule has 1 heterocycles. The van der Waals surface area contributed by atoms with E-state index in [2.05, 4.69) is 76.3 Å². The molecule has 0 saturated heterocycles. The highest BCUT2D eigenvalue weighted by Crippen LogP contribution is 2.25. The molecule has 4 nitrogen and oxygen atoms in total. The Bertz CT molecular complexity index is 962. The third-order valence-electron chi connectivity index (χ3n) is 3.83. The number of nitrogens with zero attached hydrogens (tertiary/aromatic N) is 3. The van der Waals surface area contributed by atoms with Gasteiger partial charge in [0.25, 0.3) is 0 Å². The van der Waals surface area contributed by atoms with Gasteiger partial charge in [0.15, 0.2) is 5.82 Å². The average molecular weight is 415 g/mol. The van der Waals surface area contributed by atoms with Crippen molar-refractivity contribution in [1.82, 2.24) is 14.9 Å². The molecule has 2 aromatic carbocycles. The van der Waals surface area contributed by atoms with E-state index in [1.54, 1.807) is 10.9 Å². The third kappa shape index (κ3) is 4.14. The number of aromatic nitrogens is 3. The number of halogens is 1. The maximum atomic E-state index is 5.32. The van der Waals surface area contributed by atoms with Crippen LogP contribution in [0, 0.1) is 4.77 Å². The lowest BCUT2D eigenvalue weighted by molar-refractivity contribution is 0.590. The number of H-pyrrole nitrogens is 1. The van der Waals surface area contributed by atoms with Gasteiger partial charge < -0.3 is 0 Å². The van der Waals surface area contributed by atoms with Crippen LogP contribution in [0.5, 0.6) is 0 Å². The average Bonchev–Trinajstić information content (AvgIpc) is 2.93. The first kappa shape index (κ1) is 17.8. The second-order valence-corrected chi connectivity index (χ2v) is 8.09. The van der Waals surface area contributed by atoms with Gasteiger partial charge in [-0.05, 0) is 40.9 Å². The quantitative estimate of drug-likeness (QED) is 0.450. The second-order valence-electron chi connectivity index (χ2n) is 6.79. The summed E-state index contributed by atoms with van der Waals surface area (Å²) in [6.07, 6.45) is 1.77.